The molecular formula is C16H23NO2S. The van der Waals surface area contributed by atoms with Crippen LogP contribution < -0.4 is 5.32 Å². The van der Waals surface area contributed by atoms with Gasteiger partial charge in [0.25, 0.3) is 0 Å². The van der Waals surface area contributed by atoms with E-state index in [2.05, 4.69) is 18.3 Å². The lowest BCUT2D eigenvalue weighted by atomic mass is 9.97. The highest BCUT2D eigenvalue weighted by Crippen LogP contribution is 2.39. The zero-order valence-electron chi connectivity index (χ0n) is 12.3. The zero-order valence-corrected chi connectivity index (χ0v) is 13.1. The van der Waals surface area contributed by atoms with Gasteiger partial charge in [-0.25, -0.2) is 8.42 Å². The maximum Gasteiger partial charge on any atom is 0.181 e. The van der Waals surface area contributed by atoms with Crippen LogP contribution in [0.3, 0.4) is 0 Å². The molecule has 0 bridgehead atoms. The summed E-state index contributed by atoms with van der Waals surface area (Å²) in [6, 6.07) is 4.31. The summed E-state index contributed by atoms with van der Waals surface area (Å²) in [4.78, 5) is 0.588. The number of nitrogens with one attached hydrogen (secondary N) is 1. The van der Waals surface area contributed by atoms with Crippen LogP contribution in [0.5, 0.6) is 0 Å². The molecule has 0 saturated carbocycles. The minimum atomic E-state index is -3.14. The van der Waals surface area contributed by atoms with Gasteiger partial charge in [-0.15, -0.1) is 0 Å². The van der Waals surface area contributed by atoms with Crippen LogP contribution >= 0.6 is 0 Å². The van der Waals surface area contributed by atoms with Gasteiger partial charge in [0.2, 0.25) is 0 Å². The second kappa shape index (κ2) is 5.15. The molecule has 0 aromatic heterocycles. The topological polar surface area (TPSA) is 46.2 Å². The van der Waals surface area contributed by atoms with Crippen molar-refractivity contribution >= 4 is 9.84 Å². The Labute approximate surface area is 121 Å². The third-order valence-corrected chi connectivity index (χ3v) is 6.86. The molecule has 3 nitrogen and oxygen atoms in total. The third kappa shape index (κ3) is 2.19. The number of rotatable bonds is 3. The quantitative estimate of drug-likeness (QED) is 0.932. The number of aryl methyl sites for hydroxylation is 2. The molecule has 2 unspecified atom stereocenters. The largest absolute Gasteiger partial charge is 0.310 e. The Bertz CT molecular complexity index is 622. The molecule has 1 heterocycles. The molecule has 2 atom stereocenters. The fraction of sp³-hybridized carbons (Fsp3) is 0.625. The first-order valence-corrected chi connectivity index (χ1v) is 9.21. The van der Waals surface area contributed by atoms with E-state index < -0.39 is 9.84 Å². The predicted molar refractivity (Wildman–Crippen MR) is 80.8 cm³/mol. The Kier molecular flexibility index (Phi) is 3.63. The average molecular weight is 293 g/mol. The highest BCUT2D eigenvalue weighted by atomic mass is 32.2. The summed E-state index contributed by atoms with van der Waals surface area (Å²) in [5.41, 5.74) is 3.62. The molecule has 4 heteroatoms. The molecular weight excluding hydrogens is 270 g/mol. The molecule has 20 heavy (non-hydrogen) atoms. The SMILES string of the molecule is CCCNC1CC(C)S(=O)(=O)c2cc3c(cc21)CCC3. The minimum Gasteiger partial charge on any atom is -0.310 e. The average Bonchev–Trinajstić information content (AvgIpc) is 2.87. The Morgan fingerprint density at radius 3 is 2.65 bits per heavy atom. The molecule has 0 spiro atoms. The maximum atomic E-state index is 12.6. The molecule has 0 fully saturated rings. The number of sulfone groups is 1. The van der Waals surface area contributed by atoms with Gasteiger partial charge in [0.05, 0.1) is 10.1 Å². The summed E-state index contributed by atoms with van der Waals surface area (Å²) in [6.07, 6.45) is 5.03. The minimum absolute atomic E-state index is 0.189. The van der Waals surface area contributed by atoms with Crippen molar-refractivity contribution in [3.8, 4) is 0 Å². The monoisotopic (exact) mass is 293 g/mol. The molecule has 0 radical (unpaired) electrons. The van der Waals surface area contributed by atoms with Crippen molar-refractivity contribution in [1.82, 2.24) is 5.32 Å². The van der Waals surface area contributed by atoms with E-state index in [9.17, 15) is 8.42 Å². The highest BCUT2D eigenvalue weighted by molar-refractivity contribution is 7.92. The van der Waals surface area contributed by atoms with Crippen molar-refractivity contribution in [2.45, 2.75) is 62.1 Å². The molecule has 3 rings (SSSR count). The molecule has 1 aliphatic carbocycles. The van der Waals surface area contributed by atoms with E-state index in [-0.39, 0.29) is 11.3 Å². The van der Waals surface area contributed by atoms with Crippen molar-refractivity contribution in [2.75, 3.05) is 6.54 Å². The first-order valence-electron chi connectivity index (χ1n) is 7.67. The van der Waals surface area contributed by atoms with Crippen LogP contribution in [0.2, 0.25) is 0 Å². The number of hydrogen-bond acceptors (Lipinski definition) is 3. The molecule has 1 N–H and O–H groups in total. The number of hydrogen-bond donors (Lipinski definition) is 1. The Morgan fingerprint density at radius 1 is 1.25 bits per heavy atom. The molecule has 1 aromatic carbocycles. The number of fused-ring (bicyclic) bond motifs is 2. The van der Waals surface area contributed by atoms with E-state index in [1.807, 2.05) is 13.0 Å². The van der Waals surface area contributed by atoms with Crippen molar-refractivity contribution in [3.05, 3.63) is 28.8 Å². The molecule has 1 aromatic rings. The third-order valence-electron chi connectivity index (χ3n) is 4.64. The van der Waals surface area contributed by atoms with Crippen molar-refractivity contribution in [3.63, 3.8) is 0 Å². The lowest BCUT2D eigenvalue weighted by Crippen LogP contribution is -2.35. The summed E-state index contributed by atoms with van der Waals surface area (Å²) >= 11 is 0. The highest BCUT2D eigenvalue weighted by Gasteiger charge is 2.37. The van der Waals surface area contributed by atoms with Crippen molar-refractivity contribution < 1.29 is 8.42 Å². The maximum absolute atomic E-state index is 12.6. The van der Waals surface area contributed by atoms with Gasteiger partial charge in [0.1, 0.15) is 0 Å². The summed E-state index contributed by atoms with van der Waals surface area (Å²) < 4.78 is 25.2. The standard InChI is InChI=1S/C16H23NO2S/c1-3-7-17-15-8-11(2)20(18,19)16-10-13-6-4-5-12(13)9-14(15)16/h9-11,15,17H,3-8H2,1-2H3. The van der Waals surface area contributed by atoms with Crippen molar-refractivity contribution in [2.24, 2.45) is 0 Å². The fourth-order valence-corrected chi connectivity index (χ4v) is 5.17. The van der Waals surface area contributed by atoms with Crippen molar-refractivity contribution in [1.29, 1.82) is 0 Å². The van der Waals surface area contributed by atoms with E-state index in [0.29, 0.717) is 11.3 Å². The molecule has 1 aliphatic heterocycles. The normalized spacial score (nSPS) is 27.1. The van der Waals surface area contributed by atoms with Gasteiger partial charge in [-0.3, -0.25) is 0 Å². The van der Waals surface area contributed by atoms with Crippen LogP contribution in [-0.2, 0) is 22.7 Å². The summed E-state index contributed by atoms with van der Waals surface area (Å²) in [7, 11) is -3.14. The van der Waals surface area contributed by atoms with Gasteiger partial charge in [-0.1, -0.05) is 13.0 Å². The molecule has 110 valence electrons. The Hall–Kier alpha value is -0.870. The molecule has 0 amide bonds. The van der Waals surface area contributed by atoms with Crippen LogP contribution in [0, 0.1) is 0 Å². The van der Waals surface area contributed by atoms with E-state index in [1.165, 1.54) is 11.1 Å². The van der Waals surface area contributed by atoms with Gasteiger partial charge in [-0.05, 0) is 68.3 Å². The van der Waals surface area contributed by atoms with Crippen LogP contribution in [0.25, 0.3) is 0 Å². The van der Waals surface area contributed by atoms with E-state index in [4.69, 9.17) is 0 Å². The summed E-state index contributed by atoms with van der Waals surface area (Å²) in [5, 5.41) is 3.23. The van der Waals surface area contributed by atoms with E-state index in [0.717, 1.165) is 37.8 Å². The van der Waals surface area contributed by atoms with Gasteiger partial charge in [0.15, 0.2) is 9.84 Å². The first kappa shape index (κ1) is 14.1. The molecule has 0 saturated heterocycles. The molecule has 2 aliphatic rings. The predicted octanol–water partition coefficient (Wildman–Crippen LogP) is 2.78. The van der Waals surface area contributed by atoms with Crippen LogP contribution in [0.4, 0.5) is 0 Å². The van der Waals surface area contributed by atoms with Gasteiger partial charge >= 0.3 is 0 Å². The fourth-order valence-electron chi connectivity index (χ4n) is 3.45. The van der Waals surface area contributed by atoms with Crippen LogP contribution in [-0.4, -0.2) is 20.2 Å². The van der Waals surface area contributed by atoms with Gasteiger partial charge in [0, 0.05) is 6.04 Å². The van der Waals surface area contributed by atoms with Gasteiger partial charge in [-0.2, -0.15) is 0 Å². The lowest BCUT2D eigenvalue weighted by Gasteiger charge is -2.31. The summed E-state index contributed by atoms with van der Waals surface area (Å²) in [5.74, 6) is 0. The Balaban J connectivity index is 2.10. The van der Waals surface area contributed by atoms with Crippen LogP contribution in [0.15, 0.2) is 17.0 Å². The summed E-state index contributed by atoms with van der Waals surface area (Å²) in [6.45, 7) is 4.92. The smallest absolute Gasteiger partial charge is 0.181 e. The van der Waals surface area contributed by atoms with E-state index in [1.54, 1.807) is 0 Å². The lowest BCUT2D eigenvalue weighted by molar-refractivity contribution is 0.463. The second-order valence-electron chi connectivity index (χ2n) is 6.11. The zero-order chi connectivity index (χ0) is 14.3. The van der Waals surface area contributed by atoms with Gasteiger partial charge < -0.3 is 5.32 Å². The number of benzene rings is 1. The Morgan fingerprint density at radius 2 is 1.95 bits per heavy atom. The first-order chi connectivity index (χ1) is 9.54. The van der Waals surface area contributed by atoms with Crippen LogP contribution in [0.1, 0.15) is 55.8 Å². The van der Waals surface area contributed by atoms with E-state index >= 15 is 0 Å². The second-order valence-corrected chi connectivity index (χ2v) is 8.44.